The van der Waals surface area contributed by atoms with Crippen molar-refractivity contribution in [3.05, 3.63) is 53.9 Å². The van der Waals surface area contributed by atoms with Gasteiger partial charge in [-0.2, -0.15) is 10.1 Å². The summed E-state index contributed by atoms with van der Waals surface area (Å²) in [6, 6.07) is 12.0. The van der Waals surface area contributed by atoms with Gasteiger partial charge in [0.25, 0.3) is 6.43 Å². The van der Waals surface area contributed by atoms with Gasteiger partial charge in [0.15, 0.2) is 5.82 Å². The van der Waals surface area contributed by atoms with Gasteiger partial charge in [0.1, 0.15) is 5.69 Å². The van der Waals surface area contributed by atoms with E-state index in [0.29, 0.717) is 11.4 Å². The first-order valence-corrected chi connectivity index (χ1v) is 6.59. The highest BCUT2D eigenvalue weighted by molar-refractivity contribution is 5.59. The zero-order chi connectivity index (χ0) is 15.7. The van der Waals surface area contributed by atoms with Crippen LogP contribution in [0.15, 0.2) is 42.5 Å². The van der Waals surface area contributed by atoms with Gasteiger partial charge < -0.3 is 5.73 Å². The van der Waals surface area contributed by atoms with Crippen LogP contribution in [-0.2, 0) is 0 Å². The van der Waals surface area contributed by atoms with Gasteiger partial charge in [-0.05, 0) is 13.0 Å². The maximum atomic E-state index is 13.3. The predicted molar refractivity (Wildman–Crippen MR) is 78.7 cm³/mol. The Hall–Kier alpha value is -2.83. The van der Waals surface area contributed by atoms with Crippen molar-refractivity contribution < 1.29 is 8.78 Å². The molecule has 0 fully saturated rings. The average Bonchev–Trinajstić information content (AvgIpc) is 2.92. The van der Waals surface area contributed by atoms with Crippen LogP contribution >= 0.6 is 0 Å². The number of alkyl halides is 2. The van der Waals surface area contributed by atoms with Crippen LogP contribution in [-0.4, -0.2) is 19.7 Å². The number of rotatable bonds is 3. The van der Waals surface area contributed by atoms with Crippen molar-refractivity contribution in [1.82, 2.24) is 19.7 Å². The lowest BCUT2D eigenvalue weighted by Crippen LogP contribution is -2.08. The van der Waals surface area contributed by atoms with Crippen LogP contribution in [0, 0.1) is 6.92 Å². The SMILES string of the molecule is Cc1cc(-n2nc(-c3ccccc3)cc2C(F)F)nc(N)n1. The van der Waals surface area contributed by atoms with Crippen LogP contribution in [0.4, 0.5) is 14.7 Å². The number of nitrogen functional groups attached to an aromatic ring is 1. The molecule has 0 aliphatic carbocycles. The highest BCUT2D eigenvalue weighted by atomic mass is 19.3. The fourth-order valence-corrected chi connectivity index (χ4v) is 2.17. The Labute approximate surface area is 125 Å². The van der Waals surface area contributed by atoms with Crippen LogP contribution in [0.1, 0.15) is 17.8 Å². The first-order chi connectivity index (χ1) is 10.5. The lowest BCUT2D eigenvalue weighted by molar-refractivity contribution is 0.142. The normalized spacial score (nSPS) is 11.1. The van der Waals surface area contributed by atoms with Crippen molar-refractivity contribution >= 4 is 5.95 Å². The molecule has 0 bridgehead atoms. The van der Waals surface area contributed by atoms with Crippen LogP contribution in [0.5, 0.6) is 0 Å². The standard InChI is InChI=1S/C15H13F2N5/c1-9-7-13(20-15(18)19-9)22-12(14(16)17)8-11(21-22)10-5-3-2-4-6-10/h2-8,14H,1H3,(H2,18,19,20). The molecule has 0 saturated carbocycles. The second-order valence-electron chi connectivity index (χ2n) is 4.76. The first kappa shape index (κ1) is 14.1. The summed E-state index contributed by atoms with van der Waals surface area (Å²) in [5.41, 5.74) is 7.13. The molecule has 2 heterocycles. The summed E-state index contributed by atoms with van der Waals surface area (Å²) in [5, 5.41) is 4.24. The zero-order valence-electron chi connectivity index (χ0n) is 11.7. The van der Waals surface area contributed by atoms with Gasteiger partial charge in [-0.15, -0.1) is 0 Å². The van der Waals surface area contributed by atoms with Gasteiger partial charge in [-0.25, -0.2) is 18.4 Å². The molecule has 112 valence electrons. The third-order valence-corrected chi connectivity index (χ3v) is 3.11. The van der Waals surface area contributed by atoms with Gasteiger partial charge in [0.05, 0.1) is 5.69 Å². The van der Waals surface area contributed by atoms with E-state index in [1.807, 2.05) is 30.3 Å². The molecule has 0 spiro atoms. The Morgan fingerprint density at radius 1 is 1.09 bits per heavy atom. The molecular weight excluding hydrogens is 288 g/mol. The first-order valence-electron chi connectivity index (χ1n) is 6.59. The van der Waals surface area contributed by atoms with E-state index in [1.54, 1.807) is 13.0 Å². The summed E-state index contributed by atoms with van der Waals surface area (Å²) in [4.78, 5) is 7.93. The van der Waals surface area contributed by atoms with Crippen LogP contribution in [0.2, 0.25) is 0 Å². The van der Waals surface area contributed by atoms with E-state index in [2.05, 4.69) is 15.1 Å². The lowest BCUT2D eigenvalue weighted by Gasteiger charge is -2.06. The quantitative estimate of drug-likeness (QED) is 0.806. The third kappa shape index (κ3) is 2.65. The minimum Gasteiger partial charge on any atom is -0.368 e. The summed E-state index contributed by atoms with van der Waals surface area (Å²) in [5.74, 6) is 0.245. The van der Waals surface area contributed by atoms with Crippen LogP contribution in [0.3, 0.4) is 0 Å². The van der Waals surface area contributed by atoms with E-state index in [1.165, 1.54) is 6.07 Å². The Bertz CT molecular complexity index is 779. The monoisotopic (exact) mass is 301 g/mol. The van der Waals surface area contributed by atoms with Crippen molar-refractivity contribution in [2.24, 2.45) is 0 Å². The fourth-order valence-electron chi connectivity index (χ4n) is 2.17. The summed E-state index contributed by atoms with van der Waals surface area (Å²) < 4.78 is 27.7. The molecule has 1 aromatic carbocycles. The molecule has 22 heavy (non-hydrogen) atoms. The van der Waals surface area contributed by atoms with Crippen molar-refractivity contribution in [2.45, 2.75) is 13.3 Å². The van der Waals surface area contributed by atoms with Crippen molar-refractivity contribution in [1.29, 1.82) is 0 Å². The molecular formula is C15H13F2N5. The van der Waals surface area contributed by atoms with E-state index >= 15 is 0 Å². The zero-order valence-corrected chi connectivity index (χ0v) is 11.7. The van der Waals surface area contributed by atoms with Crippen LogP contribution in [0.25, 0.3) is 17.1 Å². The number of halogens is 2. The molecule has 0 unspecified atom stereocenters. The summed E-state index contributed by atoms with van der Waals surface area (Å²) in [6.45, 7) is 1.71. The van der Waals surface area contributed by atoms with Crippen molar-refractivity contribution in [3.63, 3.8) is 0 Å². The maximum Gasteiger partial charge on any atom is 0.280 e. The number of aryl methyl sites for hydroxylation is 1. The average molecular weight is 301 g/mol. The third-order valence-electron chi connectivity index (χ3n) is 3.11. The largest absolute Gasteiger partial charge is 0.368 e. The second-order valence-corrected chi connectivity index (χ2v) is 4.76. The van der Waals surface area contributed by atoms with E-state index in [4.69, 9.17) is 5.73 Å². The molecule has 7 heteroatoms. The number of hydrogen-bond acceptors (Lipinski definition) is 4. The highest BCUT2D eigenvalue weighted by Crippen LogP contribution is 2.27. The lowest BCUT2D eigenvalue weighted by atomic mass is 10.1. The minimum absolute atomic E-state index is 0.0203. The number of nitrogens with zero attached hydrogens (tertiary/aromatic N) is 4. The molecule has 0 atom stereocenters. The maximum absolute atomic E-state index is 13.3. The second kappa shape index (κ2) is 5.51. The number of anilines is 1. The van der Waals surface area contributed by atoms with E-state index in [9.17, 15) is 8.78 Å². The number of benzene rings is 1. The molecule has 3 aromatic rings. The van der Waals surface area contributed by atoms with Crippen molar-refractivity contribution in [2.75, 3.05) is 5.73 Å². The molecule has 0 amide bonds. The molecule has 2 aromatic heterocycles. The molecule has 0 saturated heterocycles. The molecule has 0 radical (unpaired) electrons. The molecule has 2 N–H and O–H groups in total. The van der Waals surface area contributed by atoms with Crippen LogP contribution < -0.4 is 5.73 Å². The molecule has 3 rings (SSSR count). The number of aromatic nitrogens is 4. The smallest absolute Gasteiger partial charge is 0.280 e. The Morgan fingerprint density at radius 2 is 1.82 bits per heavy atom. The summed E-state index contributed by atoms with van der Waals surface area (Å²) in [7, 11) is 0. The molecule has 0 aliphatic rings. The van der Waals surface area contributed by atoms with Gasteiger partial charge in [0.2, 0.25) is 5.95 Å². The Kier molecular flexibility index (Phi) is 3.54. The topological polar surface area (TPSA) is 69.6 Å². The molecule has 0 aliphatic heterocycles. The number of nitrogens with two attached hydrogens (primary N) is 1. The highest BCUT2D eigenvalue weighted by Gasteiger charge is 2.19. The molecule has 5 nitrogen and oxygen atoms in total. The van der Waals surface area contributed by atoms with Gasteiger partial charge in [-0.3, -0.25) is 0 Å². The van der Waals surface area contributed by atoms with Crippen molar-refractivity contribution in [3.8, 4) is 17.1 Å². The summed E-state index contributed by atoms with van der Waals surface area (Å²) in [6.07, 6.45) is -2.68. The van der Waals surface area contributed by atoms with E-state index in [-0.39, 0.29) is 17.5 Å². The fraction of sp³-hybridized carbons (Fsp3) is 0.133. The van der Waals surface area contributed by atoms with E-state index < -0.39 is 6.43 Å². The van der Waals surface area contributed by atoms with E-state index in [0.717, 1.165) is 10.2 Å². The van der Waals surface area contributed by atoms with Gasteiger partial charge >= 0.3 is 0 Å². The van der Waals surface area contributed by atoms with Gasteiger partial charge in [0, 0.05) is 17.3 Å². The Morgan fingerprint density at radius 3 is 2.45 bits per heavy atom. The minimum atomic E-state index is -2.68. The number of hydrogen-bond donors (Lipinski definition) is 1. The van der Waals surface area contributed by atoms with Gasteiger partial charge in [-0.1, -0.05) is 30.3 Å². The Balaban J connectivity index is 2.16. The predicted octanol–water partition coefficient (Wildman–Crippen LogP) is 3.16. The summed E-state index contributed by atoms with van der Waals surface area (Å²) >= 11 is 0.